The van der Waals surface area contributed by atoms with Crippen LogP contribution in [0.15, 0.2) is 30.3 Å². The summed E-state index contributed by atoms with van der Waals surface area (Å²) in [5.74, 6) is 0. The molecule has 18 heavy (non-hydrogen) atoms. The number of methoxy groups -OCH3 is 1. The van der Waals surface area contributed by atoms with E-state index in [0.717, 1.165) is 39.1 Å². The minimum absolute atomic E-state index is 0.0536. The minimum atomic E-state index is 0.0536. The number of rotatable bonds is 5. The normalized spacial score (nSPS) is 20.6. The first-order valence-corrected chi connectivity index (χ1v) is 6.67. The molecule has 1 unspecified atom stereocenters. The van der Waals surface area contributed by atoms with Crippen molar-refractivity contribution in [3.63, 3.8) is 0 Å². The van der Waals surface area contributed by atoms with E-state index in [4.69, 9.17) is 15.2 Å². The molecule has 1 fully saturated rings. The van der Waals surface area contributed by atoms with Crippen molar-refractivity contribution in [2.45, 2.75) is 30.7 Å². The minimum Gasteiger partial charge on any atom is -0.385 e. The Morgan fingerprint density at radius 1 is 1.28 bits per heavy atom. The number of hydrogen-bond donors (Lipinski definition) is 1. The molecular formula is C15H23NO2. The summed E-state index contributed by atoms with van der Waals surface area (Å²) in [6.07, 6.45) is 2.90. The van der Waals surface area contributed by atoms with Gasteiger partial charge in [0.25, 0.3) is 0 Å². The fourth-order valence-corrected chi connectivity index (χ4v) is 2.90. The lowest BCUT2D eigenvalue weighted by Gasteiger charge is -2.42. The zero-order valence-electron chi connectivity index (χ0n) is 11.1. The van der Waals surface area contributed by atoms with E-state index in [1.54, 1.807) is 7.11 Å². The monoisotopic (exact) mass is 249 g/mol. The third-order valence-corrected chi connectivity index (χ3v) is 4.08. The number of ether oxygens (including phenoxy) is 2. The van der Waals surface area contributed by atoms with E-state index < -0.39 is 0 Å². The van der Waals surface area contributed by atoms with Gasteiger partial charge in [0.05, 0.1) is 0 Å². The topological polar surface area (TPSA) is 44.5 Å². The van der Waals surface area contributed by atoms with Gasteiger partial charge in [-0.2, -0.15) is 0 Å². The Kier molecular flexibility index (Phi) is 4.75. The van der Waals surface area contributed by atoms with E-state index in [2.05, 4.69) is 30.3 Å². The number of benzene rings is 1. The predicted molar refractivity (Wildman–Crippen MR) is 72.6 cm³/mol. The van der Waals surface area contributed by atoms with Gasteiger partial charge < -0.3 is 15.2 Å². The van der Waals surface area contributed by atoms with Gasteiger partial charge in [-0.15, -0.1) is 0 Å². The van der Waals surface area contributed by atoms with Gasteiger partial charge in [0.2, 0.25) is 0 Å². The van der Waals surface area contributed by atoms with Crippen LogP contribution in [0.2, 0.25) is 0 Å². The molecule has 1 heterocycles. The summed E-state index contributed by atoms with van der Waals surface area (Å²) in [4.78, 5) is 0. The molecule has 0 amide bonds. The van der Waals surface area contributed by atoms with Crippen LogP contribution in [-0.2, 0) is 14.9 Å². The summed E-state index contributed by atoms with van der Waals surface area (Å²) in [5.41, 5.74) is 7.86. The van der Waals surface area contributed by atoms with Gasteiger partial charge in [0.15, 0.2) is 0 Å². The third kappa shape index (κ3) is 2.74. The largest absolute Gasteiger partial charge is 0.385 e. The lowest BCUT2D eigenvalue weighted by molar-refractivity contribution is 0.0349. The van der Waals surface area contributed by atoms with Crippen molar-refractivity contribution >= 4 is 0 Å². The van der Waals surface area contributed by atoms with Crippen molar-refractivity contribution in [3.05, 3.63) is 35.9 Å². The first-order valence-electron chi connectivity index (χ1n) is 6.67. The molecule has 0 aromatic heterocycles. The van der Waals surface area contributed by atoms with E-state index in [1.807, 2.05) is 0 Å². The van der Waals surface area contributed by atoms with Gasteiger partial charge in [-0.1, -0.05) is 30.3 Å². The van der Waals surface area contributed by atoms with E-state index in [1.165, 1.54) is 5.56 Å². The molecule has 1 aliphatic rings. The number of hydrogen-bond acceptors (Lipinski definition) is 3. The highest BCUT2D eigenvalue weighted by Gasteiger charge is 2.39. The molecule has 3 heteroatoms. The maximum absolute atomic E-state index is 6.47. The summed E-state index contributed by atoms with van der Waals surface area (Å²) in [5, 5.41) is 0. The van der Waals surface area contributed by atoms with Crippen molar-refractivity contribution in [2.24, 2.45) is 5.73 Å². The van der Waals surface area contributed by atoms with Gasteiger partial charge in [-0.25, -0.2) is 0 Å². The van der Waals surface area contributed by atoms with Crippen LogP contribution in [0.1, 0.15) is 24.8 Å². The average molecular weight is 249 g/mol. The van der Waals surface area contributed by atoms with E-state index in [9.17, 15) is 0 Å². The van der Waals surface area contributed by atoms with Crippen LogP contribution in [0.25, 0.3) is 0 Å². The van der Waals surface area contributed by atoms with Crippen LogP contribution in [0, 0.1) is 0 Å². The van der Waals surface area contributed by atoms with Crippen LogP contribution in [-0.4, -0.2) is 33.0 Å². The number of nitrogens with two attached hydrogens (primary N) is 1. The highest BCUT2D eigenvalue weighted by Crippen LogP contribution is 2.38. The lowest BCUT2D eigenvalue weighted by Crippen LogP contribution is -2.49. The Bertz CT molecular complexity index is 347. The Hall–Kier alpha value is -0.900. The molecule has 0 saturated carbocycles. The lowest BCUT2D eigenvalue weighted by atomic mass is 9.68. The summed E-state index contributed by atoms with van der Waals surface area (Å²) in [7, 11) is 1.73. The molecule has 0 aliphatic carbocycles. The maximum atomic E-state index is 6.47. The molecule has 100 valence electrons. The van der Waals surface area contributed by atoms with E-state index in [0.29, 0.717) is 0 Å². The molecule has 1 atom stereocenters. The second-order valence-electron chi connectivity index (χ2n) is 5.02. The third-order valence-electron chi connectivity index (χ3n) is 4.08. The van der Waals surface area contributed by atoms with Crippen molar-refractivity contribution in [1.29, 1.82) is 0 Å². The van der Waals surface area contributed by atoms with Crippen molar-refractivity contribution in [1.82, 2.24) is 0 Å². The fourth-order valence-electron chi connectivity index (χ4n) is 2.90. The fraction of sp³-hybridized carbons (Fsp3) is 0.600. The second-order valence-corrected chi connectivity index (χ2v) is 5.02. The molecule has 1 aromatic rings. The highest BCUT2D eigenvalue weighted by atomic mass is 16.5. The predicted octanol–water partition coefficient (Wildman–Crippen LogP) is 2.10. The SMILES string of the molecule is COCCC(N)C1(c2ccccc2)CCOCC1. The highest BCUT2D eigenvalue weighted by molar-refractivity contribution is 5.28. The maximum Gasteiger partial charge on any atom is 0.0477 e. The smallest absolute Gasteiger partial charge is 0.0477 e. The van der Waals surface area contributed by atoms with Gasteiger partial charge in [-0.05, 0) is 24.8 Å². The molecule has 0 radical (unpaired) electrons. The molecule has 1 aromatic carbocycles. The first kappa shape index (κ1) is 13.5. The van der Waals surface area contributed by atoms with Gasteiger partial charge >= 0.3 is 0 Å². The quantitative estimate of drug-likeness (QED) is 0.869. The van der Waals surface area contributed by atoms with Gasteiger partial charge in [0, 0.05) is 38.4 Å². The summed E-state index contributed by atoms with van der Waals surface area (Å²) < 4.78 is 10.7. The molecule has 0 spiro atoms. The molecule has 3 nitrogen and oxygen atoms in total. The van der Waals surface area contributed by atoms with Gasteiger partial charge in [0.1, 0.15) is 0 Å². The van der Waals surface area contributed by atoms with Crippen LogP contribution in [0.5, 0.6) is 0 Å². The van der Waals surface area contributed by atoms with Crippen molar-refractivity contribution < 1.29 is 9.47 Å². The Labute approximate surface area is 109 Å². The summed E-state index contributed by atoms with van der Waals surface area (Å²) >= 11 is 0. The zero-order valence-corrected chi connectivity index (χ0v) is 11.1. The molecule has 1 aliphatic heterocycles. The summed E-state index contributed by atoms with van der Waals surface area (Å²) in [6.45, 7) is 2.32. The van der Waals surface area contributed by atoms with Crippen molar-refractivity contribution in [2.75, 3.05) is 26.9 Å². The van der Waals surface area contributed by atoms with Crippen LogP contribution in [0.4, 0.5) is 0 Å². The first-order chi connectivity index (χ1) is 8.79. The second kappa shape index (κ2) is 6.32. The Balaban J connectivity index is 2.22. The standard InChI is InChI=1S/C15H23NO2/c1-17-10-7-14(16)15(8-11-18-12-9-15)13-5-3-2-4-6-13/h2-6,14H,7-12,16H2,1H3. The summed E-state index contributed by atoms with van der Waals surface area (Å²) in [6, 6.07) is 10.8. The molecule has 0 bridgehead atoms. The van der Waals surface area contributed by atoms with Crippen LogP contribution < -0.4 is 5.73 Å². The molecular weight excluding hydrogens is 226 g/mol. The van der Waals surface area contributed by atoms with Gasteiger partial charge in [-0.3, -0.25) is 0 Å². The van der Waals surface area contributed by atoms with Crippen LogP contribution >= 0.6 is 0 Å². The average Bonchev–Trinajstić information content (AvgIpc) is 2.46. The zero-order chi connectivity index (χ0) is 12.8. The van der Waals surface area contributed by atoms with E-state index >= 15 is 0 Å². The molecule has 2 rings (SSSR count). The van der Waals surface area contributed by atoms with E-state index in [-0.39, 0.29) is 11.5 Å². The molecule has 1 saturated heterocycles. The Morgan fingerprint density at radius 2 is 1.94 bits per heavy atom. The van der Waals surface area contributed by atoms with Crippen LogP contribution in [0.3, 0.4) is 0 Å². The van der Waals surface area contributed by atoms with Crippen molar-refractivity contribution in [3.8, 4) is 0 Å². The Morgan fingerprint density at radius 3 is 2.56 bits per heavy atom. The molecule has 2 N–H and O–H groups in total.